The Kier molecular flexibility index (Phi) is 7.16. The largest absolute Gasteiger partial charge is 0.452 e. The molecule has 26 heavy (non-hydrogen) atoms. The van der Waals surface area contributed by atoms with Gasteiger partial charge in [0.2, 0.25) is 10.0 Å². The summed E-state index contributed by atoms with van der Waals surface area (Å²) in [7, 11) is -0.800. The molecule has 1 saturated heterocycles. The minimum atomic E-state index is -3.64. The zero-order chi connectivity index (χ0) is 19.2. The summed E-state index contributed by atoms with van der Waals surface area (Å²) in [4.78, 5) is 26.2. The lowest BCUT2D eigenvalue weighted by Gasteiger charge is -2.24. The maximum atomic E-state index is 12.3. The predicted molar refractivity (Wildman–Crippen MR) is 97.3 cm³/mol. The maximum absolute atomic E-state index is 12.3. The molecule has 0 spiro atoms. The summed E-state index contributed by atoms with van der Waals surface area (Å²) in [5, 5.41) is 0. The van der Waals surface area contributed by atoms with Crippen LogP contribution in [0.3, 0.4) is 0 Å². The SMILES string of the molecule is CN(C)S(=O)(=O)c1cccc(C(=O)OCC(=O)N2CCCCCCC2)c1. The number of rotatable bonds is 5. The molecule has 0 aromatic heterocycles. The number of carbonyl (C=O) groups excluding carboxylic acids is 2. The van der Waals surface area contributed by atoms with Crippen LogP contribution in [0.15, 0.2) is 29.2 Å². The van der Waals surface area contributed by atoms with Gasteiger partial charge in [-0.15, -0.1) is 0 Å². The first-order chi connectivity index (χ1) is 12.3. The minimum absolute atomic E-state index is 0.00652. The van der Waals surface area contributed by atoms with E-state index in [4.69, 9.17) is 4.74 Å². The molecule has 1 fully saturated rings. The van der Waals surface area contributed by atoms with Gasteiger partial charge in [-0.3, -0.25) is 4.79 Å². The highest BCUT2D eigenvalue weighted by atomic mass is 32.2. The van der Waals surface area contributed by atoms with E-state index >= 15 is 0 Å². The fourth-order valence-corrected chi connectivity index (χ4v) is 3.74. The molecule has 1 aromatic rings. The summed E-state index contributed by atoms with van der Waals surface area (Å²) in [5.74, 6) is -0.918. The lowest BCUT2D eigenvalue weighted by Crippen LogP contribution is -2.36. The van der Waals surface area contributed by atoms with Gasteiger partial charge >= 0.3 is 5.97 Å². The van der Waals surface area contributed by atoms with Crippen molar-refractivity contribution in [3.63, 3.8) is 0 Å². The van der Waals surface area contributed by atoms with Crippen LogP contribution in [0.25, 0.3) is 0 Å². The van der Waals surface area contributed by atoms with Crippen LogP contribution in [-0.2, 0) is 19.6 Å². The van der Waals surface area contributed by atoms with Crippen molar-refractivity contribution < 1.29 is 22.7 Å². The number of hydrogen-bond donors (Lipinski definition) is 0. The monoisotopic (exact) mass is 382 g/mol. The van der Waals surface area contributed by atoms with Gasteiger partial charge in [-0.05, 0) is 31.0 Å². The second-order valence-electron chi connectivity index (χ2n) is 6.54. The highest BCUT2D eigenvalue weighted by molar-refractivity contribution is 7.89. The summed E-state index contributed by atoms with van der Waals surface area (Å²) in [5.41, 5.74) is 0.105. The van der Waals surface area contributed by atoms with Gasteiger partial charge in [-0.25, -0.2) is 17.5 Å². The smallest absolute Gasteiger partial charge is 0.338 e. The molecule has 1 heterocycles. The van der Waals surface area contributed by atoms with Gasteiger partial charge in [-0.1, -0.05) is 25.3 Å². The summed E-state index contributed by atoms with van der Waals surface area (Å²) >= 11 is 0. The Morgan fingerprint density at radius 1 is 1.08 bits per heavy atom. The van der Waals surface area contributed by atoms with Gasteiger partial charge in [0.1, 0.15) is 0 Å². The van der Waals surface area contributed by atoms with Gasteiger partial charge in [0.05, 0.1) is 10.5 Å². The Morgan fingerprint density at radius 3 is 2.31 bits per heavy atom. The molecule has 7 nitrogen and oxygen atoms in total. The van der Waals surface area contributed by atoms with Crippen LogP contribution in [0, 0.1) is 0 Å². The van der Waals surface area contributed by atoms with Gasteiger partial charge in [-0.2, -0.15) is 0 Å². The Hall–Kier alpha value is -1.93. The molecule has 144 valence electrons. The topological polar surface area (TPSA) is 84.0 Å². The van der Waals surface area contributed by atoms with E-state index < -0.39 is 16.0 Å². The molecule has 1 amide bonds. The molecule has 0 aliphatic carbocycles. The third-order valence-corrected chi connectivity index (χ3v) is 6.19. The maximum Gasteiger partial charge on any atom is 0.338 e. The summed E-state index contributed by atoms with van der Waals surface area (Å²) in [6.45, 7) is 1.05. The van der Waals surface area contributed by atoms with E-state index in [9.17, 15) is 18.0 Å². The van der Waals surface area contributed by atoms with Crippen molar-refractivity contribution in [3.05, 3.63) is 29.8 Å². The second-order valence-corrected chi connectivity index (χ2v) is 8.69. The highest BCUT2D eigenvalue weighted by Gasteiger charge is 2.21. The first kappa shape index (κ1) is 20.4. The number of likely N-dealkylation sites (tertiary alicyclic amines) is 1. The van der Waals surface area contributed by atoms with Crippen LogP contribution >= 0.6 is 0 Å². The van der Waals surface area contributed by atoms with E-state index in [1.807, 2.05) is 0 Å². The van der Waals surface area contributed by atoms with Crippen LogP contribution in [0.4, 0.5) is 0 Å². The third kappa shape index (κ3) is 5.28. The van der Waals surface area contributed by atoms with Crippen LogP contribution in [0.2, 0.25) is 0 Å². The first-order valence-corrected chi connectivity index (χ1v) is 10.2. The standard InChI is InChI=1S/C18H26N2O5S/c1-19(2)26(23,24)16-10-8-9-15(13-16)18(22)25-14-17(21)20-11-6-4-3-5-7-12-20/h8-10,13H,3-7,11-12,14H2,1-2H3. The van der Waals surface area contributed by atoms with E-state index in [1.54, 1.807) is 4.90 Å². The lowest BCUT2D eigenvalue weighted by atomic mass is 10.1. The normalized spacial score (nSPS) is 16.0. The zero-order valence-electron chi connectivity index (χ0n) is 15.3. The molecule has 8 heteroatoms. The molecule has 0 atom stereocenters. The molecule has 1 aromatic carbocycles. The van der Waals surface area contributed by atoms with E-state index in [1.165, 1.54) is 44.8 Å². The molecular weight excluding hydrogens is 356 g/mol. The fraction of sp³-hybridized carbons (Fsp3) is 0.556. The van der Waals surface area contributed by atoms with Crippen molar-refractivity contribution in [2.45, 2.75) is 37.0 Å². The number of carbonyl (C=O) groups is 2. The number of sulfonamides is 1. The average Bonchev–Trinajstić information content (AvgIpc) is 2.59. The number of amides is 1. The van der Waals surface area contributed by atoms with Gasteiger partial charge < -0.3 is 9.64 Å². The van der Waals surface area contributed by atoms with Gasteiger partial charge in [0.25, 0.3) is 5.91 Å². The number of nitrogens with zero attached hydrogens (tertiary/aromatic N) is 2. The Labute approximate surface area is 155 Å². The number of esters is 1. The summed E-state index contributed by atoms with van der Waals surface area (Å²) in [6, 6.07) is 5.63. The zero-order valence-corrected chi connectivity index (χ0v) is 16.1. The average molecular weight is 382 g/mol. The fourth-order valence-electron chi connectivity index (χ4n) is 2.79. The van der Waals surface area contributed by atoms with Crippen molar-refractivity contribution in [1.29, 1.82) is 0 Å². The Bertz CT molecular complexity index is 738. The summed E-state index contributed by atoms with van der Waals surface area (Å²) in [6.07, 6.45) is 5.34. The molecular formula is C18H26N2O5S. The molecule has 2 rings (SSSR count). The molecule has 0 unspecified atom stereocenters. The van der Waals surface area contributed by atoms with Gasteiger partial charge in [0, 0.05) is 27.2 Å². The van der Waals surface area contributed by atoms with Crippen molar-refractivity contribution >= 4 is 21.9 Å². The van der Waals surface area contributed by atoms with E-state index in [2.05, 4.69) is 0 Å². The first-order valence-electron chi connectivity index (χ1n) is 8.80. The van der Waals surface area contributed by atoms with Crippen LogP contribution in [0.5, 0.6) is 0 Å². The molecule has 0 radical (unpaired) electrons. The third-order valence-electron chi connectivity index (χ3n) is 4.38. The lowest BCUT2D eigenvalue weighted by molar-refractivity contribution is -0.134. The van der Waals surface area contributed by atoms with Crippen LogP contribution < -0.4 is 0 Å². The molecule has 0 saturated carbocycles. The Morgan fingerprint density at radius 2 is 1.69 bits per heavy atom. The molecule has 0 N–H and O–H groups in total. The Balaban J connectivity index is 1.98. The van der Waals surface area contributed by atoms with Gasteiger partial charge in [0.15, 0.2) is 6.61 Å². The van der Waals surface area contributed by atoms with Crippen LogP contribution in [-0.4, -0.2) is 63.3 Å². The van der Waals surface area contributed by atoms with Crippen molar-refractivity contribution in [1.82, 2.24) is 9.21 Å². The van der Waals surface area contributed by atoms with E-state index in [0.717, 1.165) is 30.0 Å². The quantitative estimate of drug-likeness (QED) is 0.726. The number of hydrogen-bond acceptors (Lipinski definition) is 5. The number of ether oxygens (including phenoxy) is 1. The predicted octanol–water partition coefficient (Wildman–Crippen LogP) is 1.89. The molecule has 0 bridgehead atoms. The van der Waals surface area contributed by atoms with Crippen molar-refractivity contribution in [2.75, 3.05) is 33.8 Å². The van der Waals surface area contributed by atoms with Crippen LogP contribution in [0.1, 0.15) is 42.5 Å². The molecule has 1 aliphatic rings. The minimum Gasteiger partial charge on any atom is -0.452 e. The van der Waals surface area contributed by atoms with Crippen molar-refractivity contribution in [2.24, 2.45) is 0 Å². The highest BCUT2D eigenvalue weighted by Crippen LogP contribution is 2.16. The van der Waals surface area contributed by atoms with Crippen molar-refractivity contribution in [3.8, 4) is 0 Å². The second kappa shape index (κ2) is 9.14. The van der Waals surface area contributed by atoms with E-state index in [-0.39, 0.29) is 23.0 Å². The number of benzene rings is 1. The van der Waals surface area contributed by atoms with E-state index in [0.29, 0.717) is 13.1 Å². The molecule has 1 aliphatic heterocycles. The summed E-state index contributed by atoms with van der Waals surface area (Å²) < 4.78 is 30.5.